The molecule has 0 spiro atoms. The Morgan fingerprint density at radius 3 is 2.71 bits per heavy atom. The van der Waals surface area contributed by atoms with Crippen LogP contribution in [-0.2, 0) is 10.0 Å². The number of hydrogen-bond donors (Lipinski definition) is 2. The molecular weight excluding hydrogens is 304 g/mol. The Kier molecular flexibility index (Phi) is 4.73. The zero-order valence-electron chi connectivity index (χ0n) is 9.70. The fourth-order valence-corrected chi connectivity index (χ4v) is 3.12. The number of nitrogen functional groups attached to an aromatic ring is 1. The molecule has 0 atom stereocenters. The number of halogens is 1. The van der Waals surface area contributed by atoms with E-state index >= 15 is 0 Å². The Bertz CT molecular complexity index is 534. The van der Waals surface area contributed by atoms with Crippen LogP contribution in [0.3, 0.4) is 0 Å². The van der Waals surface area contributed by atoms with E-state index < -0.39 is 10.0 Å². The third kappa shape index (κ3) is 4.14. The van der Waals surface area contributed by atoms with Gasteiger partial charge in [0.1, 0.15) is 0 Å². The largest absolute Gasteiger partial charge is 0.399 e. The van der Waals surface area contributed by atoms with E-state index in [9.17, 15) is 8.42 Å². The van der Waals surface area contributed by atoms with Gasteiger partial charge >= 0.3 is 0 Å². The summed E-state index contributed by atoms with van der Waals surface area (Å²) in [6.45, 7) is 4.08. The third-order valence-corrected chi connectivity index (χ3v) is 4.45. The monoisotopic (exact) mass is 318 g/mol. The highest BCUT2D eigenvalue weighted by Crippen LogP contribution is 2.23. The van der Waals surface area contributed by atoms with Crippen molar-refractivity contribution in [2.24, 2.45) is 0 Å². The zero-order valence-corrected chi connectivity index (χ0v) is 12.1. The molecule has 0 amide bonds. The fraction of sp³-hybridized carbons (Fsp3) is 0.273. The summed E-state index contributed by atoms with van der Waals surface area (Å²) in [5.74, 6) is 0. The summed E-state index contributed by atoms with van der Waals surface area (Å²) in [6, 6.07) is 4.68. The van der Waals surface area contributed by atoms with Crippen LogP contribution in [0.2, 0.25) is 0 Å². The van der Waals surface area contributed by atoms with Crippen molar-refractivity contribution in [1.82, 2.24) is 4.72 Å². The van der Waals surface area contributed by atoms with Crippen LogP contribution >= 0.6 is 15.9 Å². The molecular formula is C11H15BrN2O2S. The summed E-state index contributed by atoms with van der Waals surface area (Å²) in [5.41, 5.74) is 7.04. The van der Waals surface area contributed by atoms with Crippen LogP contribution in [0.5, 0.6) is 0 Å². The van der Waals surface area contributed by atoms with Gasteiger partial charge in [-0.1, -0.05) is 11.6 Å². The maximum atomic E-state index is 12.0. The molecule has 0 heterocycles. The molecule has 1 aromatic carbocycles. The average molecular weight is 319 g/mol. The van der Waals surface area contributed by atoms with Gasteiger partial charge in [0.05, 0.1) is 4.90 Å². The number of nitrogens with one attached hydrogen (secondary N) is 1. The zero-order chi connectivity index (χ0) is 13.1. The van der Waals surface area contributed by atoms with Crippen molar-refractivity contribution in [1.29, 1.82) is 0 Å². The van der Waals surface area contributed by atoms with Gasteiger partial charge in [0.15, 0.2) is 0 Å². The van der Waals surface area contributed by atoms with Crippen molar-refractivity contribution >= 4 is 31.6 Å². The minimum absolute atomic E-state index is 0.152. The molecule has 0 saturated heterocycles. The quantitative estimate of drug-likeness (QED) is 0.660. The minimum Gasteiger partial charge on any atom is -0.399 e. The van der Waals surface area contributed by atoms with Crippen molar-refractivity contribution < 1.29 is 8.42 Å². The standard InChI is InChI=1S/C11H15BrN2O2S/c1-8(2)5-6-14-17(15,16)11-7-9(13)3-4-10(11)12/h3-5,7,14H,6,13H2,1-2H3. The molecule has 0 radical (unpaired) electrons. The van der Waals surface area contributed by atoms with Crippen LogP contribution in [0.15, 0.2) is 39.2 Å². The minimum atomic E-state index is -3.53. The number of nitrogens with two attached hydrogens (primary N) is 1. The SMILES string of the molecule is CC(C)=CCNS(=O)(=O)c1cc(N)ccc1Br. The summed E-state index contributed by atoms with van der Waals surface area (Å²) in [4.78, 5) is 0.152. The number of rotatable bonds is 4. The second-order valence-corrected chi connectivity index (χ2v) is 6.41. The van der Waals surface area contributed by atoms with Gasteiger partial charge in [-0.3, -0.25) is 0 Å². The lowest BCUT2D eigenvalue weighted by Gasteiger charge is -2.07. The summed E-state index contributed by atoms with van der Waals surface area (Å²) in [7, 11) is -3.53. The van der Waals surface area contributed by atoms with E-state index in [1.807, 2.05) is 13.8 Å². The molecule has 0 aromatic heterocycles. The predicted octanol–water partition coefficient (Wildman–Crippen LogP) is 2.28. The highest BCUT2D eigenvalue weighted by Gasteiger charge is 2.16. The molecule has 3 N–H and O–H groups in total. The van der Waals surface area contributed by atoms with Gasteiger partial charge in [0, 0.05) is 16.7 Å². The number of anilines is 1. The molecule has 4 nitrogen and oxygen atoms in total. The predicted molar refractivity (Wildman–Crippen MR) is 73.2 cm³/mol. The van der Waals surface area contributed by atoms with Gasteiger partial charge < -0.3 is 5.73 Å². The maximum absolute atomic E-state index is 12.0. The lowest BCUT2D eigenvalue weighted by Crippen LogP contribution is -2.24. The number of allylic oxidation sites excluding steroid dienone is 1. The smallest absolute Gasteiger partial charge is 0.242 e. The van der Waals surface area contributed by atoms with E-state index in [-0.39, 0.29) is 11.4 Å². The van der Waals surface area contributed by atoms with Crippen LogP contribution in [0.4, 0.5) is 5.69 Å². The Morgan fingerprint density at radius 1 is 1.47 bits per heavy atom. The van der Waals surface area contributed by atoms with E-state index in [2.05, 4.69) is 20.7 Å². The van der Waals surface area contributed by atoms with E-state index in [0.717, 1.165) is 5.57 Å². The molecule has 0 unspecified atom stereocenters. The molecule has 94 valence electrons. The molecule has 0 saturated carbocycles. The molecule has 1 aromatic rings. The Morgan fingerprint density at radius 2 is 2.12 bits per heavy atom. The number of sulfonamides is 1. The van der Waals surface area contributed by atoms with E-state index in [0.29, 0.717) is 10.2 Å². The van der Waals surface area contributed by atoms with Gasteiger partial charge in [-0.05, 0) is 48.0 Å². The second kappa shape index (κ2) is 5.66. The molecule has 0 aliphatic carbocycles. The Balaban J connectivity index is 2.97. The summed E-state index contributed by atoms with van der Waals surface area (Å²) in [5, 5.41) is 0. The van der Waals surface area contributed by atoms with Crippen LogP contribution in [0.1, 0.15) is 13.8 Å². The highest BCUT2D eigenvalue weighted by atomic mass is 79.9. The molecule has 0 bridgehead atoms. The Hall–Kier alpha value is -0.850. The van der Waals surface area contributed by atoms with Crippen molar-refractivity contribution in [2.45, 2.75) is 18.7 Å². The molecule has 0 aliphatic heterocycles. The van der Waals surface area contributed by atoms with E-state index in [4.69, 9.17) is 5.73 Å². The molecule has 1 rings (SSSR count). The van der Waals surface area contributed by atoms with Gasteiger partial charge in [0.25, 0.3) is 0 Å². The number of benzene rings is 1. The first-order chi connectivity index (χ1) is 7.83. The molecule has 6 heteroatoms. The lowest BCUT2D eigenvalue weighted by atomic mass is 10.3. The number of hydrogen-bond acceptors (Lipinski definition) is 3. The maximum Gasteiger partial charge on any atom is 0.242 e. The van der Waals surface area contributed by atoms with Gasteiger partial charge in [-0.2, -0.15) is 0 Å². The van der Waals surface area contributed by atoms with Gasteiger partial charge in [0.2, 0.25) is 10.0 Å². The first-order valence-corrected chi connectivity index (χ1v) is 7.28. The lowest BCUT2D eigenvalue weighted by molar-refractivity contribution is 0.585. The van der Waals surface area contributed by atoms with E-state index in [1.54, 1.807) is 18.2 Å². The van der Waals surface area contributed by atoms with Crippen molar-refractivity contribution in [3.8, 4) is 0 Å². The normalized spacial score (nSPS) is 11.2. The molecule has 0 aliphatic rings. The van der Waals surface area contributed by atoms with Crippen LogP contribution < -0.4 is 10.5 Å². The summed E-state index contributed by atoms with van der Waals surface area (Å²) >= 11 is 3.20. The summed E-state index contributed by atoms with van der Waals surface area (Å²) in [6.07, 6.45) is 1.80. The average Bonchev–Trinajstić information content (AvgIpc) is 2.20. The Labute approximate surface area is 110 Å². The van der Waals surface area contributed by atoms with Crippen LogP contribution in [-0.4, -0.2) is 15.0 Å². The third-order valence-electron chi connectivity index (χ3n) is 2.03. The van der Waals surface area contributed by atoms with Crippen molar-refractivity contribution in [3.63, 3.8) is 0 Å². The summed E-state index contributed by atoms with van der Waals surface area (Å²) < 4.78 is 26.9. The van der Waals surface area contributed by atoms with Crippen LogP contribution in [0, 0.1) is 0 Å². The molecule has 17 heavy (non-hydrogen) atoms. The van der Waals surface area contributed by atoms with Crippen molar-refractivity contribution in [3.05, 3.63) is 34.3 Å². The second-order valence-electron chi connectivity index (χ2n) is 3.82. The van der Waals surface area contributed by atoms with Crippen molar-refractivity contribution in [2.75, 3.05) is 12.3 Å². The first kappa shape index (κ1) is 14.2. The molecule has 0 fully saturated rings. The van der Waals surface area contributed by atoms with E-state index in [1.165, 1.54) is 6.07 Å². The van der Waals surface area contributed by atoms with Gasteiger partial charge in [-0.25, -0.2) is 13.1 Å². The topological polar surface area (TPSA) is 72.2 Å². The van der Waals surface area contributed by atoms with Crippen LogP contribution in [0.25, 0.3) is 0 Å². The highest BCUT2D eigenvalue weighted by molar-refractivity contribution is 9.10. The first-order valence-electron chi connectivity index (χ1n) is 5.01. The van der Waals surface area contributed by atoms with Gasteiger partial charge in [-0.15, -0.1) is 0 Å². The fourth-order valence-electron chi connectivity index (χ4n) is 1.16.